The number of nitrogens with one attached hydrogen (secondary N) is 1. The summed E-state index contributed by atoms with van der Waals surface area (Å²) in [6.45, 7) is 2.67. The van der Waals surface area contributed by atoms with Gasteiger partial charge in [0.25, 0.3) is 0 Å². The molecule has 6 heteroatoms. The summed E-state index contributed by atoms with van der Waals surface area (Å²) < 4.78 is 13.2. The molecule has 1 aromatic carbocycles. The number of anilines is 1. The van der Waals surface area contributed by atoms with Crippen molar-refractivity contribution in [3.05, 3.63) is 56.0 Å². The van der Waals surface area contributed by atoms with Crippen LogP contribution < -0.4 is 5.32 Å². The average Bonchev–Trinajstić information content (AvgIpc) is 2.85. The van der Waals surface area contributed by atoms with Crippen LogP contribution in [-0.2, 0) is 13.0 Å². The van der Waals surface area contributed by atoms with E-state index < -0.39 is 16.4 Å². The van der Waals surface area contributed by atoms with Crippen molar-refractivity contribution >= 4 is 22.7 Å². The van der Waals surface area contributed by atoms with Crippen LogP contribution in [0.25, 0.3) is 0 Å². The Morgan fingerprint density at radius 3 is 2.68 bits per heavy atom. The Hall–Kier alpha value is -1.95. The number of halogens is 1. The van der Waals surface area contributed by atoms with Gasteiger partial charge in [-0.15, -0.1) is 11.3 Å². The Morgan fingerprint density at radius 2 is 2.05 bits per heavy atom. The number of hydrogen-bond donors (Lipinski definition) is 1. The van der Waals surface area contributed by atoms with Crippen molar-refractivity contribution < 1.29 is 9.31 Å². The van der Waals surface area contributed by atoms with Crippen LogP contribution in [0.3, 0.4) is 0 Å². The molecular weight excluding hydrogens is 267 g/mol. The molecule has 1 N–H and O–H groups in total. The molecule has 2 aromatic rings. The van der Waals surface area contributed by atoms with Crippen LogP contribution >= 0.6 is 11.3 Å². The Balaban J connectivity index is 2.07. The third-order valence-corrected chi connectivity index (χ3v) is 3.90. The predicted octanol–water partition coefficient (Wildman–Crippen LogP) is 3.97. The molecule has 0 spiro atoms. The summed E-state index contributed by atoms with van der Waals surface area (Å²) in [6.07, 6.45) is 0.993. The molecule has 19 heavy (non-hydrogen) atoms. The van der Waals surface area contributed by atoms with E-state index in [1.165, 1.54) is 17.0 Å². The van der Waals surface area contributed by atoms with Crippen molar-refractivity contribution in [2.24, 2.45) is 0 Å². The summed E-state index contributed by atoms with van der Waals surface area (Å²) in [6, 6.07) is 7.90. The lowest BCUT2D eigenvalue weighted by molar-refractivity contribution is -0.387. The minimum absolute atomic E-state index is 0.509. The molecule has 0 amide bonds. The van der Waals surface area contributed by atoms with Crippen LogP contribution in [0, 0.1) is 15.9 Å². The lowest BCUT2D eigenvalue weighted by atomic mass is 10.2. The Bertz CT molecular complexity index is 598. The second-order valence-corrected chi connectivity index (χ2v) is 5.25. The molecule has 0 aliphatic rings. The first-order valence-corrected chi connectivity index (χ1v) is 6.67. The van der Waals surface area contributed by atoms with Crippen LogP contribution in [0.1, 0.15) is 16.7 Å². The number of benzene rings is 1. The first-order chi connectivity index (χ1) is 9.10. The number of nitro benzene ring substituents is 1. The highest BCUT2D eigenvalue weighted by Crippen LogP contribution is 2.23. The van der Waals surface area contributed by atoms with E-state index in [0.717, 1.165) is 17.4 Å². The van der Waals surface area contributed by atoms with Gasteiger partial charge in [0.1, 0.15) is 0 Å². The van der Waals surface area contributed by atoms with Crippen LogP contribution in [0.5, 0.6) is 0 Å². The summed E-state index contributed by atoms with van der Waals surface area (Å²) in [5.74, 6) is -0.819. The van der Waals surface area contributed by atoms with E-state index in [0.29, 0.717) is 12.2 Å². The molecule has 0 unspecified atom stereocenters. The highest BCUT2D eigenvalue weighted by Gasteiger charge is 2.14. The van der Waals surface area contributed by atoms with E-state index in [2.05, 4.69) is 18.3 Å². The molecule has 1 aromatic heterocycles. The normalized spacial score (nSPS) is 10.4. The first-order valence-electron chi connectivity index (χ1n) is 5.85. The van der Waals surface area contributed by atoms with Crippen molar-refractivity contribution in [3.63, 3.8) is 0 Å². The first kappa shape index (κ1) is 13.5. The van der Waals surface area contributed by atoms with E-state index in [1.807, 2.05) is 6.07 Å². The fourth-order valence-electron chi connectivity index (χ4n) is 1.66. The molecule has 0 saturated carbocycles. The number of hydrogen-bond acceptors (Lipinski definition) is 4. The molecule has 100 valence electrons. The summed E-state index contributed by atoms with van der Waals surface area (Å²) >= 11 is 1.70. The van der Waals surface area contributed by atoms with E-state index in [-0.39, 0.29) is 0 Å². The van der Waals surface area contributed by atoms with Crippen LogP contribution in [0.2, 0.25) is 0 Å². The van der Waals surface area contributed by atoms with Gasteiger partial charge >= 0.3 is 5.69 Å². The highest BCUT2D eigenvalue weighted by atomic mass is 32.1. The van der Waals surface area contributed by atoms with Crippen LogP contribution in [0.15, 0.2) is 30.3 Å². The van der Waals surface area contributed by atoms with E-state index in [1.54, 1.807) is 11.3 Å². The summed E-state index contributed by atoms with van der Waals surface area (Å²) in [7, 11) is 0. The Morgan fingerprint density at radius 1 is 1.32 bits per heavy atom. The maximum Gasteiger partial charge on any atom is 0.306 e. The fourth-order valence-corrected chi connectivity index (χ4v) is 2.56. The van der Waals surface area contributed by atoms with E-state index in [9.17, 15) is 14.5 Å². The van der Waals surface area contributed by atoms with Gasteiger partial charge < -0.3 is 5.32 Å². The van der Waals surface area contributed by atoms with Gasteiger partial charge in [-0.25, -0.2) is 0 Å². The van der Waals surface area contributed by atoms with Gasteiger partial charge in [0.15, 0.2) is 0 Å². The Labute approximate surface area is 114 Å². The molecule has 0 aliphatic heterocycles. The fraction of sp³-hybridized carbons (Fsp3) is 0.231. The number of rotatable bonds is 5. The lowest BCUT2D eigenvalue weighted by Gasteiger charge is -2.04. The molecule has 0 fully saturated rings. The molecule has 0 saturated heterocycles. The zero-order valence-electron chi connectivity index (χ0n) is 10.4. The van der Waals surface area contributed by atoms with Gasteiger partial charge in [-0.2, -0.15) is 4.39 Å². The third kappa shape index (κ3) is 3.29. The zero-order chi connectivity index (χ0) is 13.8. The predicted molar refractivity (Wildman–Crippen MR) is 74.1 cm³/mol. The lowest BCUT2D eigenvalue weighted by Crippen LogP contribution is -1.99. The standard InChI is InChI=1S/C13H13FN2O2S/c1-2-10-4-5-11(19-10)8-15-9-3-6-12(14)13(7-9)16(17)18/h3-7,15H,2,8H2,1H3. The smallest absolute Gasteiger partial charge is 0.306 e. The molecule has 4 nitrogen and oxygen atoms in total. The number of nitrogens with zero attached hydrogens (tertiary/aromatic N) is 1. The van der Waals surface area contributed by atoms with Gasteiger partial charge in [-0.1, -0.05) is 6.92 Å². The minimum Gasteiger partial charge on any atom is -0.380 e. The van der Waals surface area contributed by atoms with Crippen molar-refractivity contribution in [2.45, 2.75) is 19.9 Å². The largest absolute Gasteiger partial charge is 0.380 e. The summed E-state index contributed by atoms with van der Waals surface area (Å²) in [4.78, 5) is 12.3. The molecule has 2 rings (SSSR count). The minimum atomic E-state index is -0.819. The number of aryl methyl sites for hydroxylation is 1. The van der Waals surface area contributed by atoms with Crippen molar-refractivity contribution in [1.29, 1.82) is 0 Å². The quantitative estimate of drug-likeness (QED) is 0.666. The SMILES string of the molecule is CCc1ccc(CNc2ccc(F)c([N+](=O)[O-])c2)s1. The monoisotopic (exact) mass is 280 g/mol. The van der Waals surface area contributed by atoms with E-state index >= 15 is 0 Å². The third-order valence-electron chi connectivity index (χ3n) is 2.68. The van der Waals surface area contributed by atoms with Gasteiger partial charge in [-0.05, 0) is 30.7 Å². The number of thiophene rings is 1. The Kier molecular flexibility index (Phi) is 4.11. The molecular formula is C13H13FN2O2S. The maximum absolute atomic E-state index is 13.2. The topological polar surface area (TPSA) is 55.2 Å². The molecule has 1 heterocycles. The molecule has 0 aliphatic carbocycles. The summed E-state index contributed by atoms with van der Waals surface area (Å²) in [5.41, 5.74) is 0.0324. The van der Waals surface area contributed by atoms with Gasteiger partial charge in [-0.3, -0.25) is 10.1 Å². The van der Waals surface area contributed by atoms with Crippen molar-refractivity contribution in [1.82, 2.24) is 0 Å². The van der Waals surface area contributed by atoms with Gasteiger partial charge in [0, 0.05) is 28.1 Å². The van der Waals surface area contributed by atoms with Crippen LogP contribution in [0.4, 0.5) is 15.8 Å². The summed E-state index contributed by atoms with van der Waals surface area (Å²) in [5, 5.41) is 13.7. The van der Waals surface area contributed by atoms with Gasteiger partial charge in [0.2, 0.25) is 5.82 Å². The average molecular weight is 280 g/mol. The second kappa shape index (κ2) is 5.79. The molecule has 0 radical (unpaired) electrons. The van der Waals surface area contributed by atoms with Crippen molar-refractivity contribution in [2.75, 3.05) is 5.32 Å². The van der Waals surface area contributed by atoms with Gasteiger partial charge in [0.05, 0.1) is 4.92 Å². The van der Waals surface area contributed by atoms with E-state index in [4.69, 9.17) is 0 Å². The zero-order valence-corrected chi connectivity index (χ0v) is 11.2. The van der Waals surface area contributed by atoms with Crippen molar-refractivity contribution in [3.8, 4) is 0 Å². The molecule has 0 atom stereocenters. The number of nitro groups is 1. The van der Waals surface area contributed by atoms with Crippen LogP contribution in [-0.4, -0.2) is 4.92 Å². The second-order valence-electron chi connectivity index (χ2n) is 4.00. The maximum atomic E-state index is 13.2. The molecule has 0 bridgehead atoms. The highest BCUT2D eigenvalue weighted by molar-refractivity contribution is 7.12.